The first-order valence-electron chi connectivity index (χ1n) is 11.5. The summed E-state index contributed by atoms with van der Waals surface area (Å²) in [5.74, 6) is 1.32. The van der Waals surface area contributed by atoms with Gasteiger partial charge in [0.15, 0.2) is 0 Å². The minimum Gasteiger partial charge on any atom is -0.379 e. The Kier molecular flexibility index (Phi) is 6.40. The summed E-state index contributed by atoms with van der Waals surface area (Å²) in [7, 11) is -3.60. The number of aromatic nitrogens is 6. The second-order valence-electron chi connectivity index (χ2n) is 8.21. The molecule has 0 amide bonds. The van der Waals surface area contributed by atoms with Crippen molar-refractivity contribution in [1.82, 2.24) is 34.1 Å². The molecule has 178 valence electrons. The molecule has 34 heavy (non-hydrogen) atoms. The highest BCUT2D eigenvalue weighted by Crippen LogP contribution is 2.24. The Balaban J connectivity index is 1.48. The van der Waals surface area contributed by atoms with E-state index in [9.17, 15) is 8.42 Å². The Morgan fingerprint density at radius 2 is 1.85 bits per heavy atom. The Labute approximate surface area is 198 Å². The molecule has 0 unspecified atom stereocenters. The zero-order chi connectivity index (χ0) is 23.5. The lowest BCUT2D eigenvalue weighted by molar-refractivity contribution is 0.0730. The van der Waals surface area contributed by atoms with Gasteiger partial charge in [0, 0.05) is 25.2 Å². The standard InChI is InChI=1S/C23H27N7O3S/c1-2-3-11-29-21-10-9-19(34(31,32)28-12-14-33-15-13-28)16-20(21)24-22(29)17-30-26-23(25-27-30)18-7-5-4-6-8-18/h4-10,16H,2-3,11-15,17H2,1H3. The number of fused-ring (bicyclic) bond motifs is 1. The van der Waals surface area contributed by atoms with E-state index in [0.717, 1.165) is 36.3 Å². The molecule has 0 radical (unpaired) electrons. The molecule has 0 saturated carbocycles. The molecule has 0 N–H and O–H groups in total. The van der Waals surface area contributed by atoms with Gasteiger partial charge in [0.1, 0.15) is 12.4 Å². The van der Waals surface area contributed by atoms with Crippen LogP contribution in [0.15, 0.2) is 53.4 Å². The summed E-state index contributed by atoms with van der Waals surface area (Å²) in [6.45, 7) is 4.79. The van der Waals surface area contributed by atoms with Crippen LogP contribution in [0.4, 0.5) is 0 Å². The molecule has 2 aromatic carbocycles. The van der Waals surface area contributed by atoms with E-state index in [4.69, 9.17) is 9.72 Å². The van der Waals surface area contributed by atoms with Crippen molar-refractivity contribution in [1.29, 1.82) is 0 Å². The minimum absolute atomic E-state index is 0.249. The lowest BCUT2D eigenvalue weighted by Crippen LogP contribution is -2.40. The number of imidazole rings is 1. The van der Waals surface area contributed by atoms with E-state index in [2.05, 4.69) is 26.9 Å². The van der Waals surface area contributed by atoms with Gasteiger partial charge < -0.3 is 9.30 Å². The highest BCUT2D eigenvalue weighted by molar-refractivity contribution is 7.89. The number of hydrogen-bond donors (Lipinski definition) is 0. The molecule has 5 rings (SSSR count). The van der Waals surface area contributed by atoms with Gasteiger partial charge in [0.2, 0.25) is 15.8 Å². The molecule has 3 heterocycles. The normalized spacial score (nSPS) is 15.2. The monoisotopic (exact) mass is 481 g/mol. The summed E-state index contributed by atoms with van der Waals surface area (Å²) in [5, 5.41) is 12.9. The summed E-state index contributed by atoms with van der Waals surface area (Å²) in [4.78, 5) is 6.56. The van der Waals surface area contributed by atoms with E-state index in [1.54, 1.807) is 12.1 Å². The first-order valence-corrected chi connectivity index (χ1v) is 12.9. The van der Waals surface area contributed by atoms with Gasteiger partial charge in [-0.3, -0.25) is 0 Å². The average Bonchev–Trinajstić information content (AvgIpc) is 3.48. The summed E-state index contributed by atoms with van der Waals surface area (Å²) < 4.78 is 35.1. The molecule has 2 aromatic heterocycles. The molecule has 0 aliphatic carbocycles. The van der Waals surface area contributed by atoms with Gasteiger partial charge in [-0.1, -0.05) is 43.7 Å². The van der Waals surface area contributed by atoms with Gasteiger partial charge in [-0.2, -0.15) is 9.10 Å². The van der Waals surface area contributed by atoms with Crippen LogP contribution in [-0.4, -0.2) is 68.8 Å². The number of benzene rings is 2. The van der Waals surface area contributed by atoms with Crippen molar-refractivity contribution in [2.24, 2.45) is 0 Å². The quantitative estimate of drug-likeness (QED) is 0.381. The van der Waals surface area contributed by atoms with E-state index >= 15 is 0 Å². The molecule has 1 aliphatic rings. The number of rotatable bonds is 8. The van der Waals surface area contributed by atoms with Gasteiger partial charge in [-0.15, -0.1) is 10.2 Å². The zero-order valence-electron chi connectivity index (χ0n) is 19.0. The molecule has 11 heteroatoms. The summed E-state index contributed by atoms with van der Waals surface area (Å²) in [6.07, 6.45) is 2.01. The Morgan fingerprint density at radius 1 is 1.06 bits per heavy atom. The van der Waals surface area contributed by atoms with Crippen LogP contribution in [0.25, 0.3) is 22.4 Å². The molecule has 1 saturated heterocycles. The van der Waals surface area contributed by atoms with Gasteiger partial charge in [0.25, 0.3) is 0 Å². The van der Waals surface area contributed by atoms with Crippen molar-refractivity contribution in [3.05, 3.63) is 54.4 Å². The van der Waals surface area contributed by atoms with Gasteiger partial charge >= 0.3 is 0 Å². The highest BCUT2D eigenvalue weighted by atomic mass is 32.2. The van der Waals surface area contributed by atoms with Crippen molar-refractivity contribution in [3.63, 3.8) is 0 Å². The summed E-state index contributed by atoms with van der Waals surface area (Å²) >= 11 is 0. The Hall–Kier alpha value is -3.15. The van der Waals surface area contributed by atoms with Crippen molar-refractivity contribution >= 4 is 21.1 Å². The number of unbranched alkanes of at least 4 members (excludes halogenated alkanes) is 1. The van der Waals surface area contributed by atoms with E-state index in [1.165, 1.54) is 9.10 Å². The average molecular weight is 482 g/mol. The topological polar surface area (TPSA) is 108 Å². The zero-order valence-corrected chi connectivity index (χ0v) is 19.9. The predicted molar refractivity (Wildman–Crippen MR) is 127 cm³/mol. The maximum absolute atomic E-state index is 13.1. The van der Waals surface area contributed by atoms with Gasteiger partial charge in [-0.25, -0.2) is 13.4 Å². The summed E-state index contributed by atoms with van der Waals surface area (Å²) in [6, 6.07) is 14.9. The Bertz CT molecular complexity index is 1380. The van der Waals surface area contributed by atoms with Crippen LogP contribution < -0.4 is 0 Å². The van der Waals surface area contributed by atoms with Crippen LogP contribution in [0.5, 0.6) is 0 Å². The molecule has 0 atom stereocenters. The molecule has 1 fully saturated rings. The van der Waals surface area contributed by atoms with Crippen LogP contribution in [-0.2, 0) is 27.8 Å². The minimum atomic E-state index is -3.60. The van der Waals surface area contributed by atoms with Crippen molar-refractivity contribution < 1.29 is 13.2 Å². The largest absolute Gasteiger partial charge is 0.379 e. The fourth-order valence-corrected chi connectivity index (χ4v) is 5.51. The number of tetrazole rings is 1. The third-order valence-electron chi connectivity index (χ3n) is 5.91. The van der Waals surface area contributed by atoms with Crippen molar-refractivity contribution in [2.45, 2.75) is 37.8 Å². The number of morpholine rings is 1. The second kappa shape index (κ2) is 9.61. The maximum Gasteiger partial charge on any atom is 0.243 e. The summed E-state index contributed by atoms with van der Waals surface area (Å²) in [5.41, 5.74) is 2.43. The lowest BCUT2D eigenvalue weighted by atomic mass is 10.2. The third-order valence-corrected chi connectivity index (χ3v) is 7.80. The van der Waals surface area contributed by atoms with E-state index in [0.29, 0.717) is 44.2 Å². The second-order valence-corrected chi connectivity index (χ2v) is 10.1. The fraction of sp³-hybridized carbons (Fsp3) is 0.391. The number of sulfonamides is 1. The Morgan fingerprint density at radius 3 is 2.62 bits per heavy atom. The third kappa shape index (κ3) is 4.46. The van der Waals surface area contributed by atoms with Crippen LogP contribution in [0, 0.1) is 0 Å². The molecule has 1 aliphatic heterocycles. The van der Waals surface area contributed by atoms with E-state index < -0.39 is 10.0 Å². The van der Waals surface area contributed by atoms with E-state index in [-0.39, 0.29) is 4.90 Å². The first-order chi connectivity index (χ1) is 16.6. The number of ether oxygens (including phenoxy) is 1. The molecular formula is C23H27N7O3S. The molecule has 0 bridgehead atoms. The van der Waals surface area contributed by atoms with Crippen molar-refractivity contribution in [3.8, 4) is 11.4 Å². The highest BCUT2D eigenvalue weighted by Gasteiger charge is 2.27. The van der Waals surface area contributed by atoms with Crippen molar-refractivity contribution in [2.75, 3.05) is 26.3 Å². The predicted octanol–water partition coefficient (Wildman–Crippen LogP) is 2.56. The van der Waals surface area contributed by atoms with E-state index in [1.807, 2.05) is 36.4 Å². The molecule has 4 aromatic rings. The van der Waals surface area contributed by atoms with Gasteiger partial charge in [-0.05, 0) is 29.8 Å². The van der Waals surface area contributed by atoms with Gasteiger partial charge in [0.05, 0.1) is 29.1 Å². The SMILES string of the molecule is CCCCn1c(Cn2nnc(-c3ccccc3)n2)nc2cc(S(=O)(=O)N3CCOCC3)ccc21. The number of nitrogens with zero attached hydrogens (tertiary/aromatic N) is 7. The molecular weight excluding hydrogens is 454 g/mol. The molecule has 10 nitrogen and oxygen atoms in total. The van der Waals surface area contributed by atoms with Crippen LogP contribution in [0.3, 0.4) is 0 Å². The smallest absolute Gasteiger partial charge is 0.243 e. The first kappa shape index (κ1) is 22.6. The number of aryl methyl sites for hydroxylation is 1. The van der Waals surface area contributed by atoms with Crippen LogP contribution in [0.2, 0.25) is 0 Å². The van der Waals surface area contributed by atoms with Crippen LogP contribution in [0.1, 0.15) is 25.6 Å². The fourth-order valence-electron chi connectivity index (χ4n) is 4.08. The lowest BCUT2D eigenvalue weighted by Gasteiger charge is -2.26. The number of hydrogen-bond acceptors (Lipinski definition) is 7. The molecule has 0 spiro atoms. The maximum atomic E-state index is 13.1. The van der Waals surface area contributed by atoms with Crippen LogP contribution >= 0.6 is 0 Å².